The first kappa shape index (κ1) is 24.3. The number of nitrogens with one attached hydrogen (secondary N) is 1. The summed E-state index contributed by atoms with van der Waals surface area (Å²) in [5.41, 5.74) is 1.15. The van der Waals surface area contributed by atoms with Crippen LogP contribution in [-0.2, 0) is 9.53 Å². The number of ether oxygens (including phenoxy) is 2. The summed E-state index contributed by atoms with van der Waals surface area (Å²) in [7, 11) is 1.49. The Morgan fingerprint density at radius 3 is 2.30 bits per heavy atom. The summed E-state index contributed by atoms with van der Waals surface area (Å²) in [5, 5.41) is 3.42. The first-order valence-corrected chi connectivity index (χ1v) is 10.8. The molecule has 1 atom stereocenters. The minimum Gasteiger partial charge on any atom is -0.497 e. The molecule has 0 spiro atoms. The second kappa shape index (κ2) is 11.5. The van der Waals surface area contributed by atoms with Crippen LogP contribution in [0.5, 0.6) is 5.75 Å². The number of hydrogen-bond donors (Lipinski definition) is 1. The number of hydrogen-bond acceptors (Lipinski definition) is 6. The van der Waals surface area contributed by atoms with Crippen LogP contribution in [0.2, 0.25) is 10.0 Å². The van der Waals surface area contributed by atoms with Crippen molar-refractivity contribution in [1.82, 2.24) is 0 Å². The average Bonchev–Trinajstić information content (AvgIpc) is 2.85. The van der Waals surface area contributed by atoms with Gasteiger partial charge in [-0.05, 0) is 24.3 Å². The summed E-state index contributed by atoms with van der Waals surface area (Å²) in [6.07, 6.45) is -0.209. The third-order valence-corrected chi connectivity index (χ3v) is 5.61. The molecule has 33 heavy (non-hydrogen) atoms. The maximum absolute atomic E-state index is 12.9. The van der Waals surface area contributed by atoms with E-state index >= 15 is 0 Å². The molecule has 0 aliphatic rings. The lowest BCUT2D eigenvalue weighted by Crippen LogP contribution is -2.35. The van der Waals surface area contributed by atoms with E-state index in [9.17, 15) is 14.4 Å². The van der Waals surface area contributed by atoms with E-state index in [-0.39, 0.29) is 22.2 Å². The molecule has 8 heteroatoms. The van der Waals surface area contributed by atoms with E-state index < -0.39 is 24.4 Å². The van der Waals surface area contributed by atoms with Gasteiger partial charge in [-0.15, -0.1) is 0 Å². The summed E-state index contributed by atoms with van der Waals surface area (Å²) < 4.78 is 10.4. The van der Waals surface area contributed by atoms with E-state index in [0.717, 1.165) is 0 Å². The lowest BCUT2D eigenvalue weighted by molar-refractivity contribution is -0.143. The molecule has 0 bridgehead atoms. The molecule has 3 rings (SSSR count). The second-order valence-corrected chi connectivity index (χ2v) is 7.84. The van der Waals surface area contributed by atoms with Crippen LogP contribution in [0, 0.1) is 0 Å². The van der Waals surface area contributed by atoms with Gasteiger partial charge in [-0.2, -0.15) is 0 Å². The Balaban J connectivity index is 1.75. The van der Waals surface area contributed by atoms with Gasteiger partial charge >= 0.3 is 5.97 Å². The van der Waals surface area contributed by atoms with Gasteiger partial charge in [0.25, 0.3) is 0 Å². The van der Waals surface area contributed by atoms with Crippen LogP contribution in [0.25, 0.3) is 0 Å². The second-order valence-electron chi connectivity index (χ2n) is 7.05. The van der Waals surface area contributed by atoms with E-state index in [1.54, 1.807) is 72.8 Å². The topological polar surface area (TPSA) is 81.7 Å². The number of carbonyl (C=O) groups excluding carboxylic acids is 3. The summed E-state index contributed by atoms with van der Waals surface area (Å²) in [6, 6.07) is 18.9. The zero-order chi connectivity index (χ0) is 23.8. The van der Waals surface area contributed by atoms with Crippen molar-refractivity contribution in [3.8, 4) is 5.75 Å². The van der Waals surface area contributed by atoms with Gasteiger partial charge < -0.3 is 14.8 Å². The number of methoxy groups -OCH3 is 1. The first-order valence-electron chi connectivity index (χ1n) is 10.0. The van der Waals surface area contributed by atoms with E-state index in [0.29, 0.717) is 22.6 Å². The SMILES string of the molecule is COc1cccc(C(=O)COC(=O)[C@@H](CC(=O)c2ccccc2)Nc2cccc(Cl)c2Cl)c1. The van der Waals surface area contributed by atoms with E-state index in [1.807, 2.05) is 0 Å². The third-order valence-electron chi connectivity index (χ3n) is 4.79. The number of halogens is 2. The van der Waals surface area contributed by atoms with Crippen LogP contribution < -0.4 is 10.1 Å². The number of ketones is 2. The van der Waals surface area contributed by atoms with Crippen molar-refractivity contribution in [3.05, 3.63) is 94.0 Å². The molecular formula is C25H21Cl2NO5. The highest BCUT2D eigenvalue weighted by molar-refractivity contribution is 6.43. The highest BCUT2D eigenvalue weighted by atomic mass is 35.5. The van der Waals surface area contributed by atoms with Gasteiger partial charge in [-0.25, -0.2) is 4.79 Å². The highest BCUT2D eigenvalue weighted by Gasteiger charge is 2.26. The Kier molecular flexibility index (Phi) is 8.46. The smallest absolute Gasteiger partial charge is 0.329 e. The molecule has 170 valence electrons. The molecule has 0 heterocycles. The predicted octanol–water partition coefficient (Wildman–Crippen LogP) is 5.48. The maximum atomic E-state index is 12.9. The molecule has 0 aromatic heterocycles. The van der Waals surface area contributed by atoms with Crippen molar-refractivity contribution in [2.24, 2.45) is 0 Å². The van der Waals surface area contributed by atoms with Gasteiger partial charge in [0.15, 0.2) is 18.2 Å². The summed E-state index contributed by atoms with van der Waals surface area (Å²) in [6.45, 7) is -0.493. The number of carbonyl (C=O) groups is 3. The number of benzene rings is 3. The van der Waals surface area contributed by atoms with Crippen LogP contribution >= 0.6 is 23.2 Å². The van der Waals surface area contributed by atoms with Gasteiger partial charge in [0.2, 0.25) is 0 Å². The molecule has 3 aromatic rings. The summed E-state index contributed by atoms with van der Waals surface area (Å²) >= 11 is 12.3. The number of rotatable bonds is 10. The van der Waals surface area contributed by atoms with Crippen molar-refractivity contribution >= 4 is 46.4 Å². The van der Waals surface area contributed by atoms with E-state index in [4.69, 9.17) is 32.7 Å². The molecule has 0 radical (unpaired) electrons. The highest BCUT2D eigenvalue weighted by Crippen LogP contribution is 2.30. The molecule has 0 saturated carbocycles. The molecule has 0 unspecified atom stereocenters. The average molecular weight is 486 g/mol. The van der Waals surface area contributed by atoms with E-state index in [1.165, 1.54) is 7.11 Å². The van der Waals surface area contributed by atoms with Gasteiger partial charge in [0.05, 0.1) is 22.8 Å². The predicted molar refractivity (Wildman–Crippen MR) is 128 cm³/mol. The quantitative estimate of drug-likeness (QED) is 0.302. The Bertz CT molecular complexity index is 1150. The Morgan fingerprint density at radius 1 is 0.879 bits per heavy atom. The van der Waals surface area contributed by atoms with Crippen LogP contribution in [0.15, 0.2) is 72.8 Å². The molecule has 1 N–H and O–H groups in total. The standard InChI is InChI=1S/C25H21Cl2NO5/c1-32-18-10-5-9-17(13-18)23(30)15-33-25(31)21(14-22(29)16-7-3-2-4-8-16)28-20-12-6-11-19(26)24(20)27/h2-13,21,28H,14-15H2,1H3/t21-/m1/s1. The van der Waals surface area contributed by atoms with Gasteiger partial charge in [0, 0.05) is 17.5 Å². The van der Waals surface area contributed by atoms with Crippen molar-refractivity contribution < 1.29 is 23.9 Å². The number of esters is 1. The molecule has 3 aromatic carbocycles. The van der Waals surface area contributed by atoms with Crippen LogP contribution in [-0.4, -0.2) is 37.3 Å². The first-order chi connectivity index (χ1) is 15.9. The van der Waals surface area contributed by atoms with Crippen molar-refractivity contribution in [3.63, 3.8) is 0 Å². The Hall–Kier alpha value is -3.35. The normalized spacial score (nSPS) is 11.4. The number of anilines is 1. The van der Waals surface area contributed by atoms with Crippen molar-refractivity contribution in [2.75, 3.05) is 19.0 Å². The van der Waals surface area contributed by atoms with E-state index in [2.05, 4.69) is 5.32 Å². The van der Waals surface area contributed by atoms with Crippen molar-refractivity contribution in [2.45, 2.75) is 12.5 Å². The fraction of sp³-hybridized carbons (Fsp3) is 0.160. The minimum atomic E-state index is -1.09. The third kappa shape index (κ3) is 6.57. The largest absolute Gasteiger partial charge is 0.497 e. The Labute approximate surface area is 201 Å². The molecule has 0 amide bonds. The summed E-state index contributed by atoms with van der Waals surface area (Å²) in [4.78, 5) is 38.1. The van der Waals surface area contributed by atoms with Crippen molar-refractivity contribution in [1.29, 1.82) is 0 Å². The summed E-state index contributed by atoms with van der Waals surface area (Å²) in [5.74, 6) is -0.944. The molecule has 6 nitrogen and oxygen atoms in total. The zero-order valence-electron chi connectivity index (χ0n) is 17.7. The number of Topliss-reactive ketones (excluding diaryl/α,β-unsaturated/α-hetero) is 2. The van der Waals surface area contributed by atoms with Gasteiger partial charge in [-0.3, -0.25) is 9.59 Å². The van der Waals surface area contributed by atoms with Gasteiger partial charge in [-0.1, -0.05) is 71.7 Å². The minimum absolute atomic E-state index is 0.205. The van der Waals surface area contributed by atoms with Crippen LogP contribution in [0.4, 0.5) is 5.69 Å². The lowest BCUT2D eigenvalue weighted by Gasteiger charge is -2.19. The van der Waals surface area contributed by atoms with Gasteiger partial charge in [0.1, 0.15) is 11.8 Å². The zero-order valence-corrected chi connectivity index (χ0v) is 19.2. The lowest BCUT2D eigenvalue weighted by atomic mass is 10.0. The molecule has 0 fully saturated rings. The van der Waals surface area contributed by atoms with Crippen LogP contribution in [0.1, 0.15) is 27.1 Å². The maximum Gasteiger partial charge on any atom is 0.329 e. The fourth-order valence-corrected chi connectivity index (χ4v) is 3.40. The van der Waals surface area contributed by atoms with Crippen LogP contribution in [0.3, 0.4) is 0 Å². The molecule has 0 aliphatic carbocycles. The monoisotopic (exact) mass is 485 g/mol. The fourth-order valence-electron chi connectivity index (χ4n) is 3.04. The molecule has 0 saturated heterocycles. The Morgan fingerprint density at radius 2 is 1.58 bits per heavy atom. The molecular weight excluding hydrogens is 465 g/mol. The molecule has 0 aliphatic heterocycles.